The molecule has 1 saturated heterocycles. The average molecular weight is 425 g/mol. The fourth-order valence-corrected chi connectivity index (χ4v) is 4.28. The lowest BCUT2D eigenvalue weighted by Crippen LogP contribution is -2.48. The Morgan fingerprint density at radius 3 is 2.80 bits per heavy atom. The molecule has 0 unspecified atom stereocenters. The van der Waals surface area contributed by atoms with E-state index in [1.807, 2.05) is 6.07 Å². The first-order valence-corrected chi connectivity index (χ1v) is 10.0. The van der Waals surface area contributed by atoms with Gasteiger partial charge in [-0.15, -0.1) is 11.3 Å². The van der Waals surface area contributed by atoms with Crippen molar-refractivity contribution in [2.75, 3.05) is 25.0 Å². The van der Waals surface area contributed by atoms with E-state index >= 15 is 0 Å². The van der Waals surface area contributed by atoms with Crippen LogP contribution in [0.2, 0.25) is 0 Å². The summed E-state index contributed by atoms with van der Waals surface area (Å²) < 4.78 is 14.2. The molecule has 0 radical (unpaired) electrons. The Bertz CT molecular complexity index is 692. The van der Waals surface area contributed by atoms with Crippen LogP contribution >= 0.6 is 27.3 Å². The van der Waals surface area contributed by atoms with Gasteiger partial charge in [-0.3, -0.25) is 4.99 Å². The second kappa shape index (κ2) is 8.67. The van der Waals surface area contributed by atoms with Crippen molar-refractivity contribution in [2.24, 2.45) is 4.99 Å². The predicted octanol–water partition coefficient (Wildman–Crippen LogP) is 3.98. The number of guanidine groups is 1. The Morgan fingerprint density at radius 2 is 2.16 bits per heavy atom. The van der Waals surface area contributed by atoms with Crippen molar-refractivity contribution in [3.8, 4) is 0 Å². The molecule has 0 atom stereocenters. The normalized spacial score (nSPS) is 16.1. The number of piperidine rings is 1. The molecule has 134 valence electrons. The predicted molar refractivity (Wildman–Crippen MR) is 107 cm³/mol. The monoisotopic (exact) mass is 424 g/mol. The number of nitrogens with zero attached hydrogens (tertiary/aromatic N) is 2. The van der Waals surface area contributed by atoms with Crippen LogP contribution in [0.5, 0.6) is 0 Å². The fourth-order valence-electron chi connectivity index (χ4n) is 2.98. The van der Waals surface area contributed by atoms with Crippen LogP contribution < -0.4 is 15.5 Å². The smallest absolute Gasteiger partial charge is 0.191 e. The van der Waals surface area contributed by atoms with Gasteiger partial charge in [-0.2, -0.15) is 0 Å². The highest BCUT2D eigenvalue weighted by atomic mass is 79.9. The third-order valence-electron chi connectivity index (χ3n) is 4.26. The molecule has 3 rings (SSSR count). The van der Waals surface area contributed by atoms with E-state index in [0.29, 0.717) is 12.6 Å². The number of hydrogen-bond acceptors (Lipinski definition) is 3. The molecule has 1 aliphatic rings. The zero-order valence-corrected chi connectivity index (χ0v) is 16.5. The third-order valence-corrected chi connectivity index (χ3v) is 5.65. The lowest BCUT2D eigenvalue weighted by molar-refractivity contribution is 0.462. The van der Waals surface area contributed by atoms with Gasteiger partial charge in [0.25, 0.3) is 0 Å². The molecule has 2 N–H and O–H groups in total. The van der Waals surface area contributed by atoms with Gasteiger partial charge in [0.1, 0.15) is 5.82 Å². The number of nitrogens with one attached hydrogen (secondary N) is 2. The molecule has 0 aliphatic carbocycles. The molecule has 7 heteroatoms. The van der Waals surface area contributed by atoms with E-state index in [1.165, 1.54) is 17.1 Å². The highest BCUT2D eigenvalue weighted by Gasteiger charge is 2.20. The number of halogens is 2. The molecule has 1 aromatic heterocycles. The summed E-state index contributed by atoms with van der Waals surface area (Å²) in [5.41, 5.74) is 0.877. The molecular weight excluding hydrogens is 403 g/mol. The first kappa shape index (κ1) is 18.2. The van der Waals surface area contributed by atoms with Crippen LogP contribution in [-0.2, 0) is 6.54 Å². The SMILES string of the molecule is CN=C(NCc1cc(F)cc(Br)c1)NC1CCN(c2cccs2)CC1. The van der Waals surface area contributed by atoms with E-state index in [2.05, 4.69) is 54.0 Å². The van der Waals surface area contributed by atoms with Gasteiger partial charge >= 0.3 is 0 Å². The maximum Gasteiger partial charge on any atom is 0.191 e. The lowest BCUT2D eigenvalue weighted by Gasteiger charge is -2.33. The molecule has 0 amide bonds. The number of benzene rings is 1. The Balaban J connectivity index is 1.48. The largest absolute Gasteiger partial charge is 0.363 e. The molecule has 0 spiro atoms. The summed E-state index contributed by atoms with van der Waals surface area (Å²) in [7, 11) is 1.76. The summed E-state index contributed by atoms with van der Waals surface area (Å²) in [5, 5.41) is 10.2. The molecule has 2 aromatic rings. The number of thiophene rings is 1. The quantitative estimate of drug-likeness (QED) is 0.575. The van der Waals surface area contributed by atoms with Crippen molar-refractivity contribution in [1.29, 1.82) is 0 Å². The van der Waals surface area contributed by atoms with E-state index in [9.17, 15) is 4.39 Å². The molecule has 25 heavy (non-hydrogen) atoms. The summed E-state index contributed by atoms with van der Waals surface area (Å²) in [5.74, 6) is 0.519. The Morgan fingerprint density at radius 1 is 1.36 bits per heavy atom. The van der Waals surface area contributed by atoms with Crippen molar-refractivity contribution in [3.05, 3.63) is 51.6 Å². The van der Waals surface area contributed by atoms with Crippen molar-refractivity contribution in [2.45, 2.75) is 25.4 Å². The van der Waals surface area contributed by atoms with Crippen molar-refractivity contribution in [3.63, 3.8) is 0 Å². The first-order chi connectivity index (χ1) is 12.1. The van der Waals surface area contributed by atoms with Crippen LogP contribution in [-0.4, -0.2) is 32.1 Å². The molecule has 1 aromatic carbocycles. The number of anilines is 1. The third kappa shape index (κ3) is 5.19. The molecule has 0 bridgehead atoms. The van der Waals surface area contributed by atoms with Crippen molar-refractivity contribution in [1.82, 2.24) is 10.6 Å². The Kier molecular flexibility index (Phi) is 6.31. The van der Waals surface area contributed by atoms with E-state index in [1.54, 1.807) is 18.4 Å². The van der Waals surface area contributed by atoms with Crippen molar-refractivity contribution >= 4 is 38.2 Å². The van der Waals surface area contributed by atoms with Crippen molar-refractivity contribution < 1.29 is 4.39 Å². The van der Waals surface area contributed by atoms with Crippen LogP contribution in [0.3, 0.4) is 0 Å². The zero-order valence-electron chi connectivity index (χ0n) is 14.1. The highest BCUT2D eigenvalue weighted by Crippen LogP contribution is 2.24. The van der Waals surface area contributed by atoms with Crippen LogP contribution in [0.1, 0.15) is 18.4 Å². The highest BCUT2D eigenvalue weighted by molar-refractivity contribution is 9.10. The molecule has 2 heterocycles. The van der Waals surface area contributed by atoms with Crippen LogP contribution in [0.25, 0.3) is 0 Å². The first-order valence-electron chi connectivity index (χ1n) is 8.34. The molecular formula is C18H22BrFN4S. The van der Waals surface area contributed by atoms with Gasteiger partial charge in [0.15, 0.2) is 5.96 Å². The summed E-state index contributed by atoms with van der Waals surface area (Å²) >= 11 is 5.11. The molecule has 4 nitrogen and oxygen atoms in total. The topological polar surface area (TPSA) is 39.7 Å². The van der Waals surface area contributed by atoms with E-state index in [0.717, 1.165) is 41.9 Å². The minimum absolute atomic E-state index is 0.241. The summed E-state index contributed by atoms with van der Waals surface area (Å²) in [4.78, 5) is 6.72. The lowest BCUT2D eigenvalue weighted by atomic mass is 10.1. The number of aliphatic imine (C=N–C) groups is 1. The van der Waals surface area contributed by atoms with Gasteiger partial charge in [0.2, 0.25) is 0 Å². The minimum atomic E-state index is -0.241. The average Bonchev–Trinajstić information content (AvgIpc) is 3.13. The molecule has 1 fully saturated rings. The van der Waals surface area contributed by atoms with Gasteiger partial charge < -0.3 is 15.5 Å². The van der Waals surface area contributed by atoms with Gasteiger partial charge in [-0.05, 0) is 54.1 Å². The van der Waals surface area contributed by atoms with Crippen LogP contribution in [0.15, 0.2) is 45.2 Å². The number of rotatable bonds is 4. The van der Waals surface area contributed by atoms with Crippen LogP contribution in [0, 0.1) is 5.82 Å². The molecule has 0 saturated carbocycles. The van der Waals surface area contributed by atoms with E-state index in [-0.39, 0.29) is 5.82 Å². The number of hydrogen-bond donors (Lipinski definition) is 2. The standard InChI is InChI=1S/C18H22BrFN4S/c1-21-18(22-12-13-9-14(19)11-15(20)10-13)23-16-4-6-24(7-5-16)17-3-2-8-25-17/h2-3,8-11,16H,4-7,12H2,1H3,(H2,21,22,23). The fraction of sp³-hybridized carbons (Fsp3) is 0.389. The van der Waals surface area contributed by atoms with Gasteiger partial charge in [0, 0.05) is 37.2 Å². The Hall–Kier alpha value is -1.60. The van der Waals surface area contributed by atoms with Gasteiger partial charge in [-0.25, -0.2) is 4.39 Å². The molecule has 1 aliphatic heterocycles. The van der Waals surface area contributed by atoms with E-state index in [4.69, 9.17) is 0 Å². The zero-order chi connectivity index (χ0) is 17.6. The second-order valence-corrected chi connectivity index (χ2v) is 7.90. The summed E-state index contributed by atoms with van der Waals surface area (Å²) in [6.45, 7) is 2.63. The minimum Gasteiger partial charge on any atom is -0.363 e. The Labute approximate surface area is 160 Å². The summed E-state index contributed by atoms with van der Waals surface area (Å²) in [6.07, 6.45) is 2.15. The van der Waals surface area contributed by atoms with Crippen LogP contribution in [0.4, 0.5) is 9.39 Å². The second-order valence-electron chi connectivity index (χ2n) is 6.06. The summed E-state index contributed by atoms with van der Waals surface area (Å²) in [6, 6.07) is 9.57. The maximum atomic E-state index is 13.5. The van der Waals surface area contributed by atoms with Gasteiger partial charge in [0.05, 0.1) is 5.00 Å². The van der Waals surface area contributed by atoms with Gasteiger partial charge in [-0.1, -0.05) is 15.9 Å². The maximum absolute atomic E-state index is 13.5. The van der Waals surface area contributed by atoms with E-state index < -0.39 is 0 Å².